The first-order valence-electron chi connectivity index (χ1n) is 8.08. The SMILES string of the molecule is COc1ccc(C=NNC(=O)c2cc(-c3ccc(Cl)c(Cl)c3)n[nH]2)cc1OC. The van der Waals surface area contributed by atoms with E-state index in [4.69, 9.17) is 32.7 Å². The van der Waals surface area contributed by atoms with E-state index in [0.29, 0.717) is 27.2 Å². The minimum absolute atomic E-state index is 0.255. The van der Waals surface area contributed by atoms with Crippen molar-refractivity contribution in [2.45, 2.75) is 0 Å². The van der Waals surface area contributed by atoms with Crippen molar-refractivity contribution in [3.8, 4) is 22.8 Å². The van der Waals surface area contributed by atoms with Gasteiger partial charge in [-0.3, -0.25) is 9.89 Å². The number of ether oxygens (including phenoxy) is 2. The molecule has 0 saturated heterocycles. The summed E-state index contributed by atoms with van der Waals surface area (Å²) in [5.41, 5.74) is 4.73. The predicted octanol–water partition coefficient (Wildman–Crippen LogP) is 4.16. The maximum Gasteiger partial charge on any atom is 0.289 e. The number of amides is 1. The van der Waals surface area contributed by atoms with E-state index < -0.39 is 5.91 Å². The predicted molar refractivity (Wildman–Crippen MR) is 109 cm³/mol. The first kappa shape index (κ1) is 19.7. The van der Waals surface area contributed by atoms with Crippen LogP contribution in [0.4, 0.5) is 0 Å². The number of H-pyrrole nitrogens is 1. The fourth-order valence-electron chi connectivity index (χ4n) is 2.40. The normalized spacial score (nSPS) is 10.9. The van der Waals surface area contributed by atoms with Gasteiger partial charge in [-0.05, 0) is 42.0 Å². The molecule has 144 valence electrons. The number of nitrogens with zero attached hydrogens (tertiary/aromatic N) is 2. The molecule has 0 atom stereocenters. The first-order chi connectivity index (χ1) is 13.5. The van der Waals surface area contributed by atoms with Crippen LogP contribution in [0, 0.1) is 0 Å². The molecule has 0 aliphatic heterocycles. The van der Waals surface area contributed by atoms with E-state index in [1.54, 1.807) is 56.7 Å². The van der Waals surface area contributed by atoms with Gasteiger partial charge in [0.2, 0.25) is 0 Å². The second kappa shape index (κ2) is 8.77. The molecule has 9 heteroatoms. The molecule has 1 aromatic heterocycles. The van der Waals surface area contributed by atoms with Gasteiger partial charge in [0.1, 0.15) is 5.69 Å². The molecular weight excluding hydrogens is 403 g/mol. The molecule has 0 radical (unpaired) electrons. The van der Waals surface area contributed by atoms with Gasteiger partial charge in [0.15, 0.2) is 11.5 Å². The highest BCUT2D eigenvalue weighted by atomic mass is 35.5. The molecule has 1 amide bonds. The van der Waals surface area contributed by atoms with Crippen LogP contribution in [-0.4, -0.2) is 36.5 Å². The van der Waals surface area contributed by atoms with Crippen LogP contribution in [0.5, 0.6) is 11.5 Å². The van der Waals surface area contributed by atoms with Gasteiger partial charge >= 0.3 is 0 Å². The lowest BCUT2D eigenvalue weighted by Crippen LogP contribution is -2.18. The maximum atomic E-state index is 12.2. The van der Waals surface area contributed by atoms with Crippen LogP contribution in [0.1, 0.15) is 16.1 Å². The second-order valence-corrected chi connectivity index (χ2v) is 6.42. The summed E-state index contributed by atoms with van der Waals surface area (Å²) >= 11 is 11.9. The lowest BCUT2D eigenvalue weighted by molar-refractivity contribution is 0.0950. The third-order valence-corrected chi connectivity index (χ3v) is 4.56. The molecule has 2 aromatic carbocycles. The number of hydrazone groups is 1. The highest BCUT2D eigenvalue weighted by Gasteiger charge is 2.11. The number of halogens is 2. The standard InChI is InChI=1S/C19H16Cl2N4O3/c1-27-17-6-3-11(7-18(17)28-2)10-22-25-19(26)16-9-15(23-24-16)12-4-5-13(20)14(21)8-12/h3-10H,1-2H3,(H,23,24)(H,25,26). The summed E-state index contributed by atoms with van der Waals surface area (Å²) < 4.78 is 10.4. The average Bonchev–Trinajstić information content (AvgIpc) is 3.20. The Morgan fingerprint density at radius 2 is 1.86 bits per heavy atom. The molecule has 1 heterocycles. The van der Waals surface area contributed by atoms with Gasteiger partial charge in [-0.25, -0.2) is 5.43 Å². The number of benzene rings is 2. The van der Waals surface area contributed by atoms with Crippen molar-refractivity contribution in [1.82, 2.24) is 15.6 Å². The molecule has 0 unspecified atom stereocenters. The van der Waals surface area contributed by atoms with E-state index in [1.165, 1.54) is 6.21 Å². The van der Waals surface area contributed by atoms with Gasteiger partial charge in [0.05, 0.1) is 36.2 Å². The summed E-state index contributed by atoms with van der Waals surface area (Å²) in [6, 6.07) is 12.0. The number of methoxy groups -OCH3 is 2. The number of hydrogen-bond acceptors (Lipinski definition) is 5. The fourth-order valence-corrected chi connectivity index (χ4v) is 2.70. The number of nitrogens with one attached hydrogen (secondary N) is 2. The minimum Gasteiger partial charge on any atom is -0.493 e. The zero-order valence-corrected chi connectivity index (χ0v) is 16.5. The van der Waals surface area contributed by atoms with E-state index >= 15 is 0 Å². The van der Waals surface area contributed by atoms with Crippen LogP contribution < -0.4 is 14.9 Å². The van der Waals surface area contributed by atoms with Crippen molar-refractivity contribution in [3.05, 3.63) is 63.8 Å². The largest absolute Gasteiger partial charge is 0.493 e. The molecule has 0 spiro atoms. The Hall–Kier alpha value is -3.03. The van der Waals surface area contributed by atoms with Crippen molar-refractivity contribution in [2.24, 2.45) is 5.10 Å². The zero-order chi connectivity index (χ0) is 20.1. The van der Waals surface area contributed by atoms with Crippen molar-refractivity contribution in [1.29, 1.82) is 0 Å². The lowest BCUT2D eigenvalue weighted by Gasteiger charge is -2.07. The minimum atomic E-state index is -0.435. The number of carbonyl (C=O) groups excluding carboxylic acids is 1. The van der Waals surface area contributed by atoms with Gasteiger partial charge < -0.3 is 9.47 Å². The second-order valence-electron chi connectivity index (χ2n) is 5.61. The molecule has 0 fully saturated rings. The number of rotatable bonds is 6. The Kier molecular flexibility index (Phi) is 6.18. The molecule has 0 aliphatic rings. The Morgan fingerprint density at radius 1 is 1.07 bits per heavy atom. The number of aromatic amines is 1. The highest BCUT2D eigenvalue weighted by Crippen LogP contribution is 2.28. The van der Waals surface area contributed by atoms with E-state index in [-0.39, 0.29) is 5.69 Å². The van der Waals surface area contributed by atoms with E-state index in [9.17, 15) is 4.79 Å². The molecule has 28 heavy (non-hydrogen) atoms. The fraction of sp³-hybridized carbons (Fsp3) is 0.105. The van der Waals surface area contributed by atoms with Crippen LogP contribution in [0.25, 0.3) is 11.3 Å². The molecular formula is C19H16Cl2N4O3. The Labute approximate surface area is 171 Å². The molecule has 7 nitrogen and oxygen atoms in total. The van der Waals surface area contributed by atoms with Gasteiger partial charge in [-0.2, -0.15) is 10.2 Å². The quantitative estimate of drug-likeness (QED) is 0.464. The van der Waals surface area contributed by atoms with E-state index in [2.05, 4.69) is 20.7 Å². The van der Waals surface area contributed by atoms with Crippen LogP contribution in [-0.2, 0) is 0 Å². The smallest absolute Gasteiger partial charge is 0.289 e. The van der Waals surface area contributed by atoms with Crippen LogP contribution in [0.15, 0.2) is 47.6 Å². The Morgan fingerprint density at radius 3 is 2.57 bits per heavy atom. The lowest BCUT2D eigenvalue weighted by atomic mass is 10.1. The third kappa shape index (κ3) is 4.44. The van der Waals surface area contributed by atoms with E-state index in [0.717, 1.165) is 11.1 Å². The monoisotopic (exact) mass is 418 g/mol. The first-order valence-corrected chi connectivity index (χ1v) is 8.83. The van der Waals surface area contributed by atoms with E-state index in [1.807, 2.05) is 0 Å². The molecule has 2 N–H and O–H groups in total. The zero-order valence-electron chi connectivity index (χ0n) is 15.0. The summed E-state index contributed by atoms with van der Waals surface area (Å²) in [5.74, 6) is 0.740. The average molecular weight is 419 g/mol. The van der Waals surface area contributed by atoms with Crippen molar-refractivity contribution in [3.63, 3.8) is 0 Å². The maximum absolute atomic E-state index is 12.2. The molecule has 3 rings (SSSR count). The molecule has 3 aromatic rings. The summed E-state index contributed by atoms with van der Waals surface area (Å²) in [6.45, 7) is 0. The summed E-state index contributed by atoms with van der Waals surface area (Å²) in [7, 11) is 3.10. The van der Waals surface area contributed by atoms with Gasteiger partial charge in [-0.15, -0.1) is 0 Å². The third-order valence-electron chi connectivity index (χ3n) is 3.83. The van der Waals surface area contributed by atoms with Crippen molar-refractivity contribution >= 4 is 35.3 Å². The van der Waals surface area contributed by atoms with Crippen LogP contribution in [0.3, 0.4) is 0 Å². The van der Waals surface area contributed by atoms with Gasteiger partial charge in [0.25, 0.3) is 5.91 Å². The van der Waals surface area contributed by atoms with Crippen LogP contribution >= 0.6 is 23.2 Å². The Balaban J connectivity index is 1.68. The topological polar surface area (TPSA) is 88.6 Å². The molecule has 0 bridgehead atoms. The summed E-state index contributed by atoms with van der Waals surface area (Å²) in [4.78, 5) is 12.2. The van der Waals surface area contributed by atoms with Gasteiger partial charge in [0, 0.05) is 5.56 Å². The van der Waals surface area contributed by atoms with Crippen molar-refractivity contribution < 1.29 is 14.3 Å². The number of aromatic nitrogens is 2. The number of hydrogen-bond donors (Lipinski definition) is 2. The van der Waals surface area contributed by atoms with Crippen molar-refractivity contribution in [2.75, 3.05) is 14.2 Å². The molecule has 0 saturated carbocycles. The molecule has 0 aliphatic carbocycles. The summed E-state index contributed by atoms with van der Waals surface area (Å²) in [5, 5.41) is 11.6. The highest BCUT2D eigenvalue weighted by molar-refractivity contribution is 6.42. The van der Waals surface area contributed by atoms with Crippen LogP contribution in [0.2, 0.25) is 10.0 Å². The summed E-state index contributed by atoms with van der Waals surface area (Å²) in [6.07, 6.45) is 1.50. The number of carbonyl (C=O) groups is 1. The Bertz CT molecular complexity index is 1030. The van der Waals surface area contributed by atoms with Gasteiger partial charge in [-0.1, -0.05) is 29.3 Å².